The minimum Gasteiger partial charge on any atom is -0.308 e. The summed E-state index contributed by atoms with van der Waals surface area (Å²) >= 11 is 0. The van der Waals surface area contributed by atoms with Crippen molar-refractivity contribution >= 4 is 11.6 Å². The Morgan fingerprint density at radius 2 is 1.52 bits per heavy atom. The van der Waals surface area contributed by atoms with Crippen LogP contribution in [-0.4, -0.2) is 17.4 Å². The zero-order chi connectivity index (χ0) is 17.5. The van der Waals surface area contributed by atoms with E-state index in [1.54, 1.807) is 0 Å². The summed E-state index contributed by atoms with van der Waals surface area (Å²) in [5, 5.41) is 0. The molecule has 0 radical (unpaired) electrons. The van der Waals surface area contributed by atoms with Crippen LogP contribution in [0.25, 0.3) is 5.70 Å². The fourth-order valence-corrected chi connectivity index (χ4v) is 3.44. The molecule has 2 nitrogen and oxygen atoms in total. The first-order valence-electron chi connectivity index (χ1n) is 9.46. The summed E-state index contributed by atoms with van der Waals surface area (Å²) in [5.74, 6) is 0.158. The Morgan fingerprint density at radius 3 is 2.28 bits per heavy atom. The summed E-state index contributed by atoms with van der Waals surface area (Å²) in [6.45, 7) is 3.04. The second-order valence-corrected chi connectivity index (χ2v) is 6.70. The predicted octanol–water partition coefficient (Wildman–Crippen LogP) is 5.70. The second kappa shape index (κ2) is 8.66. The Labute approximate surface area is 151 Å². The van der Waals surface area contributed by atoms with Crippen molar-refractivity contribution in [3.8, 4) is 0 Å². The number of hydrogen-bond donors (Lipinski definition) is 0. The number of nitrogens with zero attached hydrogens (tertiary/aromatic N) is 1. The average molecular weight is 333 g/mol. The lowest BCUT2D eigenvalue weighted by atomic mass is 10.1. The lowest BCUT2D eigenvalue weighted by Crippen LogP contribution is -2.24. The van der Waals surface area contributed by atoms with Gasteiger partial charge in [0.05, 0.1) is 0 Å². The number of rotatable bonds is 8. The van der Waals surface area contributed by atoms with Gasteiger partial charge in [-0.25, -0.2) is 0 Å². The highest BCUT2D eigenvalue weighted by atomic mass is 16.2. The van der Waals surface area contributed by atoms with E-state index in [0.29, 0.717) is 0 Å². The second-order valence-electron chi connectivity index (χ2n) is 6.70. The standard InChI is InChI=1S/C23H27NO/c1-2-3-4-5-11-18-24-22(17-16-19-12-7-6-8-13-19)20-14-9-10-15-21(20)23(24)25/h6-10,12-15,17H,2-5,11,16,18H2,1H3/b22-17+. The lowest BCUT2D eigenvalue weighted by Gasteiger charge is -2.18. The lowest BCUT2D eigenvalue weighted by molar-refractivity contribution is 0.0848. The van der Waals surface area contributed by atoms with Crippen molar-refractivity contribution in [2.75, 3.05) is 6.54 Å². The Morgan fingerprint density at radius 1 is 0.840 bits per heavy atom. The highest BCUT2D eigenvalue weighted by Crippen LogP contribution is 2.33. The average Bonchev–Trinajstić information content (AvgIpc) is 2.93. The number of carbonyl (C=O) groups excluding carboxylic acids is 1. The van der Waals surface area contributed by atoms with E-state index >= 15 is 0 Å². The number of carbonyl (C=O) groups is 1. The van der Waals surface area contributed by atoms with Crippen LogP contribution in [0.1, 0.15) is 60.5 Å². The van der Waals surface area contributed by atoms with Crippen LogP contribution < -0.4 is 0 Å². The molecule has 0 aliphatic carbocycles. The third kappa shape index (κ3) is 4.19. The van der Waals surface area contributed by atoms with Gasteiger partial charge in [-0.1, -0.05) is 87.2 Å². The molecule has 0 aromatic heterocycles. The van der Waals surface area contributed by atoms with Gasteiger partial charge in [0.2, 0.25) is 0 Å². The van der Waals surface area contributed by atoms with Crippen LogP contribution in [0.4, 0.5) is 0 Å². The maximum Gasteiger partial charge on any atom is 0.258 e. The maximum atomic E-state index is 12.8. The maximum absolute atomic E-state index is 12.8. The summed E-state index contributed by atoms with van der Waals surface area (Å²) in [4.78, 5) is 14.8. The zero-order valence-corrected chi connectivity index (χ0v) is 15.1. The van der Waals surface area contributed by atoms with Crippen molar-refractivity contribution in [2.24, 2.45) is 0 Å². The van der Waals surface area contributed by atoms with Gasteiger partial charge in [0, 0.05) is 23.4 Å². The highest BCUT2D eigenvalue weighted by Gasteiger charge is 2.30. The SMILES string of the molecule is CCCCCCCN1C(=O)c2ccccc2/C1=C\Cc1ccccc1. The molecule has 0 saturated heterocycles. The molecular weight excluding hydrogens is 306 g/mol. The molecule has 0 bridgehead atoms. The van der Waals surface area contributed by atoms with Crippen molar-refractivity contribution in [3.63, 3.8) is 0 Å². The minimum atomic E-state index is 0.158. The quantitative estimate of drug-likeness (QED) is 0.568. The van der Waals surface area contributed by atoms with Crippen LogP contribution in [0.2, 0.25) is 0 Å². The summed E-state index contributed by atoms with van der Waals surface area (Å²) in [5.41, 5.74) is 4.28. The largest absolute Gasteiger partial charge is 0.308 e. The third-order valence-corrected chi connectivity index (χ3v) is 4.83. The van der Waals surface area contributed by atoms with Gasteiger partial charge in [-0.05, 0) is 24.5 Å². The van der Waals surface area contributed by atoms with Gasteiger partial charge in [0.25, 0.3) is 5.91 Å². The van der Waals surface area contributed by atoms with E-state index in [2.05, 4.69) is 43.3 Å². The first-order chi connectivity index (χ1) is 12.3. The molecule has 130 valence electrons. The molecule has 0 saturated carbocycles. The van der Waals surface area contributed by atoms with Gasteiger partial charge >= 0.3 is 0 Å². The summed E-state index contributed by atoms with van der Waals surface area (Å²) in [6, 6.07) is 18.4. The molecule has 1 aliphatic heterocycles. The Balaban J connectivity index is 1.76. The molecule has 0 fully saturated rings. The van der Waals surface area contributed by atoms with Crippen molar-refractivity contribution in [3.05, 3.63) is 77.4 Å². The molecule has 0 spiro atoms. The van der Waals surface area contributed by atoms with Crippen LogP contribution in [0.5, 0.6) is 0 Å². The van der Waals surface area contributed by atoms with E-state index in [1.165, 1.54) is 31.2 Å². The Hall–Kier alpha value is -2.35. The smallest absolute Gasteiger partial charge is 0.258 e. The topological polar surface area (TPSA) is 20.3 Å². The molecule has 0 N–H and O–H groups in total. The van der Waals surface area contributed by atoms with Crippen molar-refractivity contribution in [2.45, 2.75) is 45.4 Å². The first-order valence-corrected chi connectivity index (χ1v) is 9.46. The van der Waals surface area contributed by atoms with E-state index in [1.807, 2.05) is 29.2 Å². The van der Waals surface area contributed by atoms with Crippen LogP contribution in [-0.2, 0) is 6.42 Å². The molecular formula is C23H27NO. The van der Waals surface area contributed by atoms with Crippen LogP contribution in [0.3, 0.4) is 0 Å². The van der Waals surface area contributed by atoms with Crippen LogP contribution >= 0.6 is 0 Å². The number of hydrogen-bond acceptors (Lipinski definition) is 1. The summed E-state index contributed by atoms with van der Waals surface area (Å²) < 4.78 is 0. The Kier molecular flexibility index (Phi) is 6.05. The molecule has 0 unspecified atom stereocenters. The zero-order valence-electron chi connectivity index (χ0n) is 15.1. The van der Waals surface area contributed by atoms with Gasteiger partial charge in [0.1, 0.15) is 0 Å². The van der Waals surface area contributed by atoms with Crippen molar-refractivity contribution < 1.29 is 4.79 Å². The number of fused-ring (bicyclic) bond motifs is 1. The van der Waals surface area contributed by atoms with E-state index in [0.717, 1.165) is 36.2 Å². The minimum absolute atomic E-state index is 0.158. The van der Waals surface area contributed by atoms with Gasteiger partial charge in [-0.15, -0.1) is 0 Å². The number of allylic oxidation sites excluding steroid dienone is 1. The predicted molar refractivity (Wildman–Crippen MR) is 104 cm³/mol. The first kappa shape index (κ1) is 17.5. The fourth-order valence-electron chi connectivity index (χ4n) is 3.44. The van der Waals surface area contributed by atoms with E-state index in [9.17, 15) is 4.79 Å². The Bertz CT molecular complexity index is 733. The molecule has 25 heavy (non-hydrogen) atoms. The van der Waals surface area contributed by atoms with E-state index in [4.69, 9.17) is 0 Å². The molecule has 2 aromatic carbocycles. The molecule has 2 heteroatoms. The number of benzene rings is 2. The third-order valence-electron chi connectivity index (χ3n) is 4.83. The molecule has 2 aromatic rings. The molecule has 3 rings (SSSR count). The van der Waals surface area contributed by atoms with Crippen LogP contribution in [0, 0.1) is 0 Å². The number of amides is 1. The van der Waals surface area contributed by atoms with Crippen molar-refractivity contribution in [1.29, 1.82) is 0 Å². The fraction of sp³-hybridized carbons (Fsp3) is 0.348. The van der Waals surface area contributed by atoms with Crippen LogP contribution in [0.15, 0.2) is 60.7 Å². The van der Waals surface area contributed by atoms with Crippen molar-refractivity contribution in [1.82, 2.24) is 4.90 Å². The molecule has 1 heterocycles. The highest BCUT2D eigenvalue weighted by molar-refractivity contribution is 6.09. The molecule has 1 aliphatic rings. The van der Waals surface area contributed by atoms with Gasteiger partial charge in [-0.2, -0.15) is 0 Å². The van der Waals surface area contributed by atoms with E-state index < -0.39 is 0 Å². The summed E-state index contributed by atoms with van der Waals surface area (Å²) in [7, 11) is 0. The van der Waals surface area contributed by atoms with Gasteiger partial charge < -0.3 is 4.90 Å². The molecule has 1 amide bonds. The molecule has 0 atom stereocenters. The van der Waals surface area contributed by atoms with E-state index in [-0.39, 0.29) is 5.91 Å². The van der Waals surface area contributed by atoms with Gasteiger partial charge in [-0.3, -0.25) is 4.79 Å². The monoisotopic (exact) mass is 333 g/mol. The number of unbranched alkanes of at least 4 members (excludes halogenated alkanes) is 4. The van der Waals surface area contributed by atoms with Gasteiger partial charge in [0.15, 0.2) is 0 Å². The summed E-state index contributed by atoms with van der Waals surface area (Å²) in [6.07, 6.45) is 9.12. The normalized spacial score (nSPS) is 15.0.